The molecule has 1 aliphatic rings. The molecule has 1 saturated heterocycles. The van der Waals surface area contributed by atoms with Gasteiger partial charge in [-0.05, 0) is 35.9 Å². The van der Waals surface area contributed by atoms with Gasteiger partial charge >= 0.3 is 0 Å². The summed E-state index contributed by atoms with van der Waals surface area (Å²) in [5.41, 5.74) is 1.87. The predicted octanol–water partition coefficient (Wildman–Crippen LogP) is 2.35. The van der Waals surface area contributed by atoms with Crippen molar-refractivity contribution in [3.8, 4) is 17.6 Å². The Morgan fingerprint density at radius 2 is 2.03 bits per heavy atom. The Balaban J connectivity index is 1.53. The van der Waals surface area contributed by atoms with Crippen LogP contribution >= 0.6 is 0 Å². The Kier molecular flexibility index (Phi) is 7.20. The number of aromatic nitrogens is 1. The molecule has 1 aromatic carbocycles. The van der Waals surface area contributed by atoms with Crippen molar-refractivity contribution in [2.45, 2.75) is 6.54 Å². The van der Waals surface area contributed by atoms with Crippen LogP contribution in [-0.2, 0) is 11.3 Å². The Labute approximate surface area is 170 Å². The van der Waals surface area contributed by atoms with E-state index >= 15 is 0 Å². The molecule has 2 aromatic rings. The van der Waals surface area contributed by atoms with Crippen molar-refractivity contribution in [2.75, 3.05) is 39.9 Å². The summed E-state index contributed by atoms with van der Waals surface area (Å²) in [6.07, 6.45) is 5.15. The second-order valence-electron chi connectivity index (χ2n) is 6.61. The third-order valence-corrected chi connectivity index (χ3v) is 4.69. The number of ether oxygens (including phenoxy) is 2. The summed E-state index contributed by atoms with van der Waals surface area (Å²) >= 11 is 0. The second-order valence-corrected chi connectivity index (χ2v) is 6.61. The quantitative estimate of drug-likeness (QED) is 0.673. The van der Waals surface area contributed by atoms with Gasteiger partial charge in [-0.25, -0.2) is 0 Å². The van der Waals surface area contributed by atoms with Crippen LogP contribution in [0.1, 0.15) is 11.3 Å². The van der Waals surface area contributed by atoms with Gasteiger partial charge in [0.15, 0.2) is 18.1 Å². The van der Waals surface area contributed by atoms with Gasteiger partial charge in [0.2, 0.25) is 5.91 Å². The van der Waals surface area contributed by atoms with Crippen LogP contribution in [0.3, 0.4) is 0 Å². The van der Waals surface area contributed by atoms with E-state index in [1.807, 2.05) is 35.2 Å². The Morgan fingerprint density at radius 3 is 2.72 bits per heavy atom. The lowest BCUT2D eigenvalue weighted by Gasteiger charge is -2.34. The minimum Gasteiger partial charge on any atom is -0.493 e. The van der Waals surface area contributed by atoms with Crippen LogP contribution < -0.4 is 9.47 Å². The third kappa shape index (κ3) is 5.80. The normalized spacial score (nSPS) is 14.6. The van der Waals surface area contributed by atoms with Crippen LogP contribution in [-0.4, -0.2) is 60.6 Å². The molecule has 1 aromatic heterocycles. The first-order valence-corrected chi connectivity index (χ1v) is 9.46. The molecule has 0 bridgehead atoms. The standard InChI is InChI=1S/C22H24N4O3/c1-28-21-16-18(5-7-20(21)29-15-9-23)6-8-22(27)26-13-11-25(12-14-26)17-19-4-2-3-10-24-19/h2-8,10,16H,11-15,17H2,1H3/b8-6+. The van der Waals surface area contributed by atoms with Crippen molar-refractivity contribution >= 4 is 12.0 Å². The molecule has 7 heteroatoms. The topological polar surface area (TPSA) is 78.7 Å². The van der Waals surface area contributed by atoms with Crippen LogP contribution in [0.2, 0.25) is 0 Å². The average Bonchev–Trinajstić information content (AvgIpc) is 2.77. The number of amides is 1. The largest absolute Gasteiger partial charge is 0.493 e. The van der Waals surface area contributed by atoms with Gasteiger partial charge in [0, 0.05) is 45.0 Å². The van der Waals surface area contributed by atoms with E-state index in [2.05, 4.69) is 9.88 Å². The fraction of sp³-hybridized carbons (Fsp3) is 0.318. The smallest absolute Gasteiger partial charge is 0.246 e. The fourth-order valence-electron chi connectivity index (χ4n) is 3.14. The number of pyridine rings is 1. The van der Waals surface area contributed by atoms with E-state index in [0.717, 1.165) is 30.9 Å². The van der Waals surface area contributed by atoms with Crippen molar-refractivity contribution in [3.05, 3.63) is 59.9 Å². The monoisotopic (exact) mass is 392 g/mol. The summed E-state index contributed by atoms with van der Waals surface area (Å²) in [4.78, 5) is 21.0. The van der Waals surface area contributed by atoms with E-state index < -0.39 is 0 Å². The van der Waals surface area contributed by atoms with Gasteiger partial charge in [-0.15, -0.1) is 0 Å². The molecule has 0 aliphatic carbocycles. The number of nitriles is 1. The third-order valence-electron chi connectivity index (χ3n) is 4.69. The highest BCUT2D eigenvalue weighted by molar-refractivity contribution is 5.92. The number of benzene rings is 1. The van der Waals surface area contributed by atoms with Gasteiger partial charge in [0.05, 0.1) is 12.8 Å². The van der Waals surface area contributed by atoms with Crippen LogP contribution in [0.4, 0.5) is 0 Å². The van der Waals surface area contributed by atoms with Crippen LogP contribution in [0.25, 0.3) is 6.08 Å². The van der Waals surface area contributed by atoms with E-state index in [1.165, 1.54) is 7.11 Å². The molecular weight excluding hydrogens is 368 g/mol. The number of rotatable bonds is 7. The molecule has 0 N–H and O–H groups in total. The molecule has 0 saturated carbocycles. The highest BCUT2D eigenvalue weighted by Crippen LogP contribution is 2.28. The molecule has 2 heterocycles. The number of hydrogen-bond acceptors (Lipinski definition) is 6. The van der Waals surface area contributed by atoms with Gasteiger partial charge in [0.1, 0.15) is 6.07 Å². The molecule has 0 unspecified atom stereocenters. The molecule has 7 nitrogen and oxygen atoms in total. The minimum atomic E-state index is -0.0453. The van der Waals surface area contributed by atoms with E-state index in [0.29, 0.717) is 24.6 Å². The van der Waals surface area contributed by atoms with Gasteiger partial charge in [-0.3, -0.25) is 14.7 Å². The molecule has 1 aliphatic heterocycles. The first kappa shape index (κ1) is 20.4. The number of carbonyl (C=O) groups excluding carboxylic acids is 1. The molecule has 3 rings (SSSR count). The molecule has 0 atom stereocenters. The number of methoxy groups -OCH3 is 1. The Hall–Kier alpha value is -3.37. The van der Waals surface area contributed by atoms with Gasteiger partial charge in [-0.1, -0.05) is 12.1 Å². The molecule has 150 valence electrons. The number of nitrogens with zero attached hydrogens (tertiary/aromatic N) is 4. The van der Waals surface area contributed by atoms with Crippen LogP contribution in [0.5, 0.6) is 11.5 Å². The first-order chi connectivity index (χ1) is 14.2. The van der Waals surface area contributed by atoms with Crippen molar-refractivity contribution in [3.63, 3.8) is 0 Å². The maximum atomic E-state index is 12.5. The molecular formula is C22H24N4O3. The highest BCUT2D eigenvalue weighted by atomic mass is 16.5. The second kappa shape index (κ2) is 10.2. The van der Waals surface area contributed by atoms with Crippen molar-refractivity contribution in [2.24, 2.45) is 0 Å². The lowest BCUT2D eigenvalue weighted by Crippen LogP contribution is -2.47. The number of carbonyl (C=O) groups is 1. The van der Waals surface area contributed by atoms with Crippen LogP contribution in [0, 0.1) is 11.3 Å². The van der Waals surface area contributed by atoms with Crippen LogP contribution in [0.15, 0.2) is 48.7 Å². The average molecular weight is 392 g/mol. The molecule has 0 radical (unpaired) electrons. The highest BCUT2D eigenvalue weighted by Gasteiger charge is 2.19. The lowest BCUT2D eigenvalue weighted by atomic mass is 10.2. The van der Waals surface area contributed by atoms with E-state index in [1.54, 1.807) is 30.5 Å². The minimum absolute atomic E-state index is 0.00809. The summed E-state index contributed by atoms with van der Waals surface area (Å²) in [6.45, 7) is 3.80. The summed E-state index contributed by atoms with van der Waals surface area (Å²) < 4.78 is 10.6. The lowest BCUT2D eigenvalue weighted by molar-refractivity contribution is -0.127. The van der Waals surface area contributed by atoms with Gasteiger partial charge in [0.25, 0.3) is 0 Å². The Bertz CT molecular complexity index is 885. The van der Waals surface area contributed by atoms with Gasteiger partial charge < -0.3 is 14.4 Å². The predicted molar refractivity (Wildman–Crippen MR) is 109 cm³/mol. The number of hydrogen-bond donors (Lipinski definition) is 0. The zero-order chi connectivity index (χ0) is 20.5. The van der Waals surface area contributed by atoms with E-state index in [9.17, 15) is 4.79 Å². The molecule has 1 amide bonds. The summed E-state index contributed by atoms with van der Waals surface area (Å²) in [6, 6.07) is 13.2. The maximum Gasteiger partial charge on any atom is 0.246 e. The fourth-order valence-corrected chi connectivity index (χ4v) is 3.14. The number of piperazine rings is 1. The Morgan fingerprint density at radius 1 is 1.21 bits per heavy atom. The molecule has 1 fully saturated rings. The first-order valence-electron chi connectivity index (χ1n) is 9.46. The van der Waals surface area contributed by atoms with Crippen molar-refractivity contribution in [1.82, 2.24) is 14.8 Å². The summed E-state index contributed by atoms with van der Waals surface area (Å²) in [5.74, 6) is 1.02. The SMILES string of the molecule is COc1cc(/C=C/C(=O)N2CCN(Cc3ccccn3)CC2)ccc1OCC#N. The zero-order valence-electron chi connectivity index (χ0n) is 16.5. The van der Waals surface area contributed by atoms with Gasteiger partial charge in [-0.2, -0.15) is 5.26 Å². The van der Waals surface area contributed by atoms with E-state index in [-0.39, 0.29) is 12.5 Å². The summed E-state index contributed by atoms with van der Waals surface area (Å²) in [5, 5.41) is 8.63. The van der Waals surface area contributed by atoms with E-state index in [4.69, 9.17) is 14.7 Å². The maximum absolute atomic E-state index is 12.5. The zero-order valence-corrected chi connectivity index (χ0v) is 16.5. The van der Waals surface area contributed by atoms with Crippen molar-refractivity contribution in [1.29, 1.82) is 5.26 Å². The molecule has 0 spiro atoms. The summed E-state index contributed by atoms with van der Waals surface area (Å²) in [7, 11) is 1.54. The van der Waals surface area contributed by atoms with Crippen molar-refractivity contribution < 1.29 is 14.3 Å². The molecule has 29 heavy (non-hydrogen) atoms.